The zero-order chi connectivity index (χ0) is 18.7. The van der Waals surface area contributed by atoms with E-state index in [4.69, 9.17) is 27.9 Å². The van der Waals surface area contributed by atoms with E-state index in [-0.39, 0.29) is 6.10 Å². The van der Waals surface area contributed by atoms with Gasteiger partial charge in [0.05, 0.1) is 5.02 Å². The molecule has 0 saturated carbocycles. The van der Waals surface area contributed by atoms with Crippen molar-refractivity contribution in [3.05, 3.63) is 69.5 Å². The van der Waals surface area contributed by atoms with Crippen LogP contribution in [0.15, 0.2) is 47.6 Å². The lowest BCUT2D eigenvalue weighted by molar-refractivity contribution is 0.211. The van der Waals surface area contributed by atoms with Crippen molar-refractivity contribution in [2.24, 2.45) is 7.05 Å². The molecule has 1 unspecified atom stereocenters. The fourth-order valence-corrected chi connectivity index (χ4v) is 3.85. The Morgan fingerprint density at radius 2 is 1.92 bits per heavy atom. The number of nitrogens with zero attached hydrogens (tertiary/aromatic N) is 3. The van der Waals surface area contributed by atoms with Crippen LogP contribution in [-0.2, 0) is 12.8 Å². The number of aromatic nitrogens is 3. The standard InChI is InChI=1S/C19H19Cl2N3OS/c1-12-6-4-5-7-14(12)11-26-19-23-22-18(24(19)3)13(2)25-17-10-15(20)8-9-16(17)21/h4-10,13H,11H2,1-3H3. The first-order chi connectivity index (χ1) is 12.5. The molecule has 7 heteroatoms. The molecular formula is C19H19Cl2N3OS. The Labute approximate surface area is 167 Å². The van der Waals surface area contributed by atoms with Crippen molar-refractivity contribution in [3.8, 4) is 5.75 Å². The molecule has 1 aromatic heterocycles. The van der Waals surface area contributed by atoms with Gasteiger partial charge in [-0.2, -0.15) is 0 Å². The maximum absolute atomic E-state index is 6.17. The number of ether oxygens (including phenoxy) is 1. The topological polar surface area (TPSA) is 39.9 Å². The summed E-state index contributed by atoms with van der Waals surface area (Å²) in [5.41, 5.74) is 2.56. The molecule has 0 amide bonds. The lowest BCUT2D eigenvalue weighted by Gasteiger charge is -2.15. The molecule has 3 rings (SSSR count). The van der Waals surface area contributed by atoms with Crippen LogP contribution in [0.25, 0.3) is 0 Å². The summed E-state index contributed by atoms with van der Waals surface area (Å²) >= 11 is 13.8. The van der Waals surface area contributed by atoms with Crippen molar-refractivity contribution in [2.45, 2.75) is 30.9 Å². The predicted octanol–water partition coefficient (Wildman–Crippen LogP) is 5.86. The normalized spacial score (nSPS) is 12.2. The van der Waals surface area contributed by atoms with E-state index in [1.54, 1.807) is 30.0 Å². The average molecular weight is 408 g/mol. The maximum atomic E-state index is 6.17. The Hall–Kier alpha value is -1.69. The van der Waals surface area contributed by atoms with E-state index in [2.05, 4.69) is 35.3 Å². The third-order valence-electron chi connectivity index (χ3n) is 4.05. The molecule has 2 aromatic carbocycles. The third-order valence-corrected chi connectivity index (χ3v) is 5.66. The van der Waals surface area contributed by atoms with E-state index in [1.807, 2.05) is 24.6 Å². The van der Waals surface area contributed by atoms with Crippen molar-refractivity contribution in [1.82, 2.24) is 14.8 Å². The Balaban J connectivity index is 1.71. The van der Waals surface area contributed by atoms with Crippen molar-refractivity contribution in [2.75, 3.05) is 0 Å². The van der Waals surface area contributed by atoms with Crippen LogP contribution in [0.1, 0.15) is 30.0 Å². The molecule has 3 aromatic rings. The van der Waals surface area contributed by atoms with E-state index in [0.717, 1.165) is 16.7 Å². The zero-order valence-corrected chi connectivity index (χ0v) is 17.1. The Morgan fingerprint density at radius 1 is 1.15 bits per heavy atom. The third kappa shape index (κ3) is 4.34. The number of rotatable bonds is 6. The average Bonchev–Trinajstić information content (AvgIpc) is 2.98. The van der Waals surface area contributed by atoms with Gasteiger partial charge in [0.2, 0.25) is 0 Å². The molecule has 0 spiro atoms. The van der Waals surface area contributed by atoms with Crippen LogP contribution in [-0.4, -0.2) is 14.8 Å². The lowest BCUT2D eigenvalue weighted by Crippen LogP contribution is -2.10. The molecule has 0 saturated heterocycles. The highest BCUT2D eigenvalue weighted by atomic mass is 35.5. The van der Waals surface area contributed by atoms with Gasteiger partial charge in [-0.15, -0.1) is 10.2 Å². The van der Waals surface area contributed by atoms with Crippen molar-refractivity contribution in [3.63, 3.8) is 0 Å². The highest BCUT2D eigenvalue weighted by molar-refractivity contribution is 7.98. The van der Waals surface area contributed by atoms with Crippen LogP contribution < -0.4 is 4.74 Å². The molecule has 136 valence electrons. The molecule has 1 heterocycles. The van der Waals surface area contributed by atoms with Gasteiger partial charge in [0, 0.05) is 23.9 Å². The molecule has 0 aliphatic carbocycles. The summed E-state index contributed by atoms with van der Waals surface area (Å²) in [6, 6.07) is 13.5. The molecule has 0 aliphatic rings. The molecule has 0 radical (unpaired) electrons. The Kier molecular flexibility index (Phi) is 6.12. The highest BCUT2D eigenvalue weighted by Gasteiger charge is 2.18. The van der Waals surface area contributed by atoms with Gasteiger partial charge in [0.25, 0.3) is 0 Å². The number of thioether (sulfide) groups is 1. The van der Waals surface area contributed by atoms with Gasteiger partial charge >= 0.3 is 0 Å². The fraction of sp³-hybridized carbons (Fsp3) is 0.263. The second-order valence-electron chi connectivity index (χ2n) is 5.95. The fourth-order valence-electron chi connectivity index (χ4n) is 2.53. The minimum Gasteiger partial charge on any atom is -0.481 e. The van der Waals surface area contributed by atoms with Gasteiger partial charge in [0.15, 0.2) is 17.1 Å². The Morgan fingerprint density at radius 3 is 2.69 bits per heavy atom. The second-order valence-corrected chi connectivity index (χ2v) is 7.74. The van der Waals surface area contributed by atoms with Crippen LogP contribution in [0.4, 0.5) is 0 Å². The molecule has 4 nitrogen and oxygen atoms in total. The molecule has 0 N–H and O–H groups in total. The summed E-state index contributed by atoms with van der Waals surface area (Å²) < 4.78 is 7.89. The van der Waals surface area contributed by atoms with Crippen LogP contribution in [0.5, 0.6) is 5.75 Å². The number of benzene rings is 2. The molecular weight excluding hydrogens is 389 g/mol. The number of aryl methyl sites for hydroxylation is 1. The van der Waals surface area contributed by atoms with Crippen LogP contribution >= 0.6 is 35.0 Å². The lowest BCUT2D eigenvalue weighted by atomic mass is 10.1. The monoisotopic (exact) mass is 407 g/mol. The Bertz CT molecular complexity index is 914. The summed E-state index contributed by atoms with van der Waals surface area (Å²) in [6.07, 6.45) is -0.309. The minimum atomic E-state index is -0.309. The van der Waals surface area contributed by atoms with Crippen molar-refractivity contribution < 1.29 is 4.74 Å². The number of hydrogen-bond donors (Lipinski definition) is 0. The van der Waals surface area contributed by atoms with Gasteiger partial charge in [0.1, 0.15) is 5.75 Å². The molecule has 0 fully saturated rings. The summed E-state index contributed by atoms with van der Waals surface area (Å²) in [5, 5.41) is 10.5. The van der Waals surface area contributed by atoms with E-state index >= 15 is 0 Å². The van der Waals surface area contributed by atoms with Crippen LogP contribution in [0.2, 0.25) is 10.0 Å². The van der Waals surface area contributed by atoms with Crippen LogP contribution in [0, 0.1) is 6.92 Å². The minimum absolute atomic E-state index is 0.309. The summed E-state index contributed by atoms with van der Waals surface area (Å²) in [6.45, 7) is 4.03. The summed E-state index contributed by atoms with van der Waals surface area (Å²) in [5.74, 6) is 2.10. The van der Waals surface area contributed by atoms with Gasteiger partial charge in [-0.25, -0.2) is 0 Å². The number of halogens is 2. The SMILES string of the molecule is Cc1ccccc1CSc1nnc(C(C)Oc2cc(Cl)ccc2Cl)n1C. The first-order valence-corrected chi connectivity index (χ1v) is 9.88. The zero-order valence-electron chi connectivity index (χ0n) is 14.7. The van der Waals surface area contributed by atoms with Gasteiger partial charge in [-0.05, 0) is 37.1 Å². The van der Waals surface area contributed by atoms with Gasteiger partial charge in [-0.3, -0.25) is 0 Å². The molecule has 0 aliphatic heterocycles. The first kappa shape index (κ1) is 19.1. The van der Waals surface area contributed by atoms with Crippen LogP contribution in [0.3, 0.4) is 0 Å². The van der Waals surface area contributed by atoms with E-state index < -0.39 is 0 Å². The quantitative estimate of drug-likeness (QED) is 0.479. The first-order valence-electron chi connectivity index (χ1n) is 8.14. The summed E-state index contributed by atoms with van der Waals surface area (Å²) in [4.78, 5) is 0. The smallest absolute Gasteiger partial charge is 0.191 e. The van der Waals surface area contributed by atoms with E-state index in [1.165, 1.54) is 11.1 Å². The second kappa shape index (κ2) is 8.33. The molecule has 26 heavy (non-hydrogen) atoms. The summed E-state index contributed by atoms with van der Waals surface area (Å²) in [7, 11) is 1.94. The number of hydrogen-bond acceptors (Lipinski definition) is 4. The molecule has 0 bridgehead atoms. The predicted molar refractivity (Wildman–Crippen MR) is 107 cm³/mol. The van der Waals surface area contributed by atoms with Gasteiger partial charge in [-0.1, -0.05) is 59.2 Å². The largest absolute Gasteiger partial charge is 0.481 e. The van der Waals surface area contributed by atoms with E-state index in [9.17, 15) is 0 Å². The maximum Gasteiger partial charge on any atom is 0.191 e. The van der Waals surface area contributed by atoms with E-state index in [0.29, 0.717) is 15.8 Å². The van der Waals surface area contributed by atoms with Gasteiger partial charge < -0.3 is 9.30 Å². The van der Waals surface area contributed by atoms with Crippen molar-refractivity contribution in [1.29, 1.82) is 0 Å². The molecule has 1 atom stereocenters. The van der Waals surface area contributed by atoms with Crippen molar-refractivity contribution >= 4 is 35.0 Å². The highest BCUT2D eigenvalue weighted by Crippen LogP contribution is 2.32.